The predicted molar refractivity (Wildman–Crippen MR) is 105 cm³/mol. The van der Waals surface area contributed by atoms with E-state index < -0.39 is 0 Å². The summed E-state index contributed by atoms with van der Waals surface area (Å²) in [6.07, 6.45) is 2.86. The summed E-state index contributed by atoms with van der Waals surface area (Å²) >= 11 is 1.60. The average molecular weight is 373 g/mol. The van der Waals surface area contributed by atoms with Crippen molar-refractivity contribution in [2.24, 2.45) is 5.92 Å². The molecule has 0 unspecified atom stereocenters. The maximum Gasteiger partial charge on any atom is 0.223 e. The van der Waals surface area contributed by atoms with Gasteiger partial charge in [-0.3, -0.25) is 4.79 Å². The van der Waals surface area contributed by atoms with E-state index in [1.54, 1.807) is 11.3 Å². The Hall–Kier alpha value is -1.88. The molecule has 5 heteroatoms. The molecule has 1 fully saturated rings. The number of rotatable bonds is 8. The largest absolute Gasteiger partial charge is 0.486 e. The quantitative estimate of drug-likeness (QED) is 0.663. The second-order valence-corrected chi connectivity index (χ2v) is 8.64. The van der Waals surface area contributed by atoms with Gasteiger partial charge in [0.2, 0.25) is 5.91 Å². The smallest absolute Gasteiger partial charge is 0.223 e. The molecule has 140 valence electrons. The summed E-state index contributed by atoms with van der Waals surface area (Å²) in [5.74, 6) is 1.52. The van der Waals surface area contributed by atoms with Gasteiger partial charge in [0, 0.05) is 17.8 Å². The summed E-state index contributed by atoms with van der Waals surface area (Å²) < 4.78 is 5.90. The number of thiazole rings is 1. The molecule has 0 spiro atoms. The van der Waals surface area contributed by atoms with Crippen LogP contribution in [0.2, 0.25) is 0 Å². The monoisotopic (exact) mass is 372 g/mol. The number of aromatic nitrogens is 1. The highest BCUT2D eigenvalue weighted by molar-refractivity contribution is 7.09. The first-order valence-electron chi connectivity index (χ1n) is 9.34. The first-order valence-corrected chi connectivity index (χ1v) is 10.2. The molecule has 0 aliphatic heterocycles. The standard InChI is InChI=1S/C21H28N2O2S/c1-14(2)7-21(24)23(18-5-6-18)11-17-13-26-20(22-17)12-25-19-9-15(3)8-16(4)10-19/h8-10,13-14,18H,5-7,11-12H2,1-4H3. The van der Waals surface area contributed by atoms with Crippen molar-refractivity contribution in [3.8, 4) is 5.75 Å². The van der Waals surface area contributed by atoms with Gasteiger partial charge >= 0.3 is 0 Å². The molecule has 1 heterocycles. The Morgan fingerprint density at radius 3 is 2.58 bits per heavy atom. The summed E-state index contributed by atoms with van der Waals surface area (Å²) in [7, 11) is 0. The lowest BCUT2D eigenvalue weighted by Crippen LogP contribution is -2.33. The van der Waals surface area contributed by atoms with E-state index in [9.17, 15) is 4.79 Å². The number of ether oxygens (including phenoxy) is 1. The summed E-state index contributed by atoms with van der Waals surface area (Å²) in [5.41, 5.74) is 3.37. The van der Waals surface area contributed by atoms with Gasteiger partial charge in [-0.25, -0.2) is 4.98 Å². The minimum atomic E-state index is 0.253. The highest BCUT2D eigenvalue weighted by Crippen LogP contribution is 2.30. The van der Waals surface area contributed by atoms with Crippen molar-refractivity contribution in [3.63, 3.8) is 0 Å². The molecule has 1 aromatic heterocycles. The number of amides is 1. The van der Waals surface area contributed by atoms with Gasteiger partial charge in [0.15, 0.2) is 0 Å². The first-order chi connectivity index (χ1) is 12.4. The van der Waals surface area contributed by atoms with Crippen molar-refractivity contribution >= 4 is 17.2 Å². The van der Waals surface area contributed by atoms with Crippen molar-refractivity contribution in [2.75, 3.05) is 0 Å². The van der Waals surface area contributed by atoms with Crippen molar-refractivity contribution in [1.29, 1.82) is 0 Å². The average Bonchev–Trinajstić information content (AvgIpc) is 3.28. The molecule has 0 bridgehead atoms. The molecule has 0 N–H and O–H groups in total. The van der Waals surface area contributed by atoms with Crippen LogP contribution >= 0.6 is 11.3 Å². The molecule has 0 saturated heterocycles. The summed E-state index contributed by atoms with van der Waals surface area (Å²) in [6.45, 7) is 9.42. The van der Waals surface area contributed by atoms with Crippen LogP contribution in [0.25, 0.3) is 0 Å². The first kappa shape index (κ1) is 18.9. The van der Waals surface area contributed by atoms with Crippen LogP contribution in [0.4, 0.5) is 0 Å². The lowest BCUT2D eigenvalue weighted by Gasteiger charge is -2.22. The van der Waals surface area contributed by atoms with E-state index >= 15 is 0 Å². The minimum absolute atomic E-state index is 0.253. The second kappa shape index (κ2) is 8.21. The van der Waals surface area contributed by atoms with Gasteiger partial charge in [-0.2, -0.15) is 0 Å². The maximum absolute atomic E-state index is 12.5. The molecule has 2 aromatic rings. The van der Waals surface area contributed by atoms with Crippen LogP contribution in [0.3, 0.4) is 0 Å². The van der Waals surface area contributed by atoms with E-state index in [0.717, 1.165) is 29.3 Å². The van der Waals surface area contributed by atoms with Crippen LogP contribution in [0.1, 0.15) is 54.9 Å². The molecule has 1 aliphatic rings. The van der Waals surface area contributed by atoms with Gasteiger partial charge in [-0.15, -0.1) is 11.3 Å². The van der Waals surface area contributed by atoms with Gasteiger partial charge < -0.3 is 9.64 Å². The predicted octanol–water partition coefficient (Wildman–Crippen LogP) is 4.88. The van der Waals surface area contributed by atoms with Gasteiger partial charge in [0.05, 0.1) is 12.2 Å². The van der Waals surface area contributed by atoms with E-state index in [1.807, 2.05) is 17.0 Å². The van der Waals surface area contributed by atoms with E-state index in [4.69, 9.17) is 4.74 Å². The summed E-state index contributed by atoms with van der Waals surface area (Å²) in [4.78, 5) is 19.2. The number of aryl methyl sites for hydroxylation is 2. The Labute approximate surface area is 160 Å². The molecule has 1 amide bonds. The number of carbonyl (C=O) groups excluding carboxylic acids is 1. The normalized spacial score (nSPS) is 13.9. The zero-order valence-electron chi connectivity index (χ0n) is 16.1. The van der Waals surface area contributed by atoms with E-state index in [2.05, 4.69) is 44.1 Å². The molecule has 4 nitrogen and oxygen atoms in total. The third kappa shape index (κ3) is 5.31. The molecule has 0 radical (unpaired) electrons. The van der Waals surface area contributed by atoms with Gasteiger partial charge in [-0.1, -0.05) is 19.9 Å². The Kier molecular flexibility index (Phi) is 5.97. The number of nitrogens with zero attached hydrogens (tertiary/aromatic N) is 2. The van der Waals surface area contributed by atoms with E-state index in [0.29, 0.717) is 31.5 Å². The molecule has 26 heavy (non-hydrogen) atoms. The van der Waals surface area contributed by atoms with Crippen molar-refractivity contribution in [2.45, 2.75) is 66.2 Å². The molecule has 1 aromatic carbocycles. The summed E-state index contributed by atoms with van der Waals surface area (Å²) in [6, 6.07) is 6.63. The van der Waals surface area contributed by atoms with Crippen molar-refractivity contribution in [1.82, 2.24) is 9.88 Å². The number of benzene rings is 1. The lowest BCUT2D eigenvalue weighted by atomic mass is 10.1. The van der Waals surface area contributed by atoms with Crippen molar-refractivity contribution in [3.05, 3.63) is 45.4 Å². The van der Waals surface area contributed by atoms with Crippen LogP contribution in [0.5, 0.6) is 5.75 Å². The third-order valence-electron chi connectivity index (χ3n) is 4.38. The lowest BCUT2D eigenvalue weighted by molar-refractivity contribution is -0.133. The van der Waals surface area contributed by atoms with Crippen LogP contribution < -0.4 is 4.74 Å². The Balaban J connectivity index is 1.59. The number of hydrogen-bond donors (Lipinski definition) is 0. The van der Waals surface area contributed by atoms with E-state index in [-0.39, 0.29) is 5.91 Å². The molecule has 1 saturated carbocycles. The van der Waals surface area contributed by atoms with Crippen LogP contribution in [0.15, 0.2) is 23.6 Å². The highest BCUT2D eigenvalue weighted by atomic mass is 32.1. The number of hydrogen-bond acceptors (Lipinski definition) is 4. The minimum Gasteiger partial charge on any atom is -0.486 e. The fourth-order valence-electron chi connectivity index (χ4n) is 3.10. The SMILES string of the molecule is Cc1cc(C)cc(OCc2nc(CN(C(=O)CC(C)C)C3CC3)cs2)c1. The van der Waals surface area contributed by atoms with Crippen LogP contribution in [-0.2, 0) is 17.9 Å². The van der Waals surface area contributed by atoms with Gasteiger partial charge in [0.1, 0.15) is 17.4 Å². The topological polar surface area (TPSA) is 42.4 Å². The summed E-state index contributed by atoms with van der Waals surface area (Å²) in [5, 5.41) is 3.00. The third-order valence-corrected chi connectivity index (χ3v) is 5.25. The number of carbonyl (C=O) groups is 1. The molecule has 1 aliphatic carbocycles. The molecular weight excluding hydrogens is 344 g/mol. The van der Waals surface area contributed by atoms with Crippen LogP contribution in [0, 0.1) is 19.8 Å². The van der Waals surface area contributed by atoms with Gasteiger partial charge in [-0.05, 0) is 55.9 Å². The second-order valence-electron chi connectivity index (χ2n) is 7.70. The van der Waals surface area contributed by atoms with Crippen LogP contribution in [-0.4, -0.2) is 21.8 Å². The Morgan fingerprint density at radius 2 is 1.96 bits per heavy atom. The Bertz CT molecular complexity index is 745. The van der Waals surface area contributed by atoms with Gasteiger partial charge in [0.25, 0.3) is 0 Å². The van der Waals surface area contributed by atoms with E-state index in [1.165, 1.54) is 11.1 Å². The fraction of sp³-hybridized carbons (Fsp3) is 0.524. The zero-order chi connectivity index (χ0) is 18.7. The highest BCUT2D eigenvalue weighted by Gasteiger charge is 2.33. The van der Waals surface area contributed by atoms with Crippen molar-refractivity contribution < 1.29 is 9.53 Å². The molecule has 3 rings (SSSR count). The maximum atomic E-state index is 12.5. The molecular formula is C21H28N2O2S. The molecule has 0 atom stereocenters. The fourth-order valence-corrected chi connectivity index (χ4v) is 3.79. The zero-order valence-corrected chi connectivity index (χ0v) is 16.9. The Morgan fingerprint density at radius 1 is 1.27 bits per heavy atom.